The quantitative estimate of drug-likeness (QED) is 0.145. The van der Waals surface area contributed by atoms with Gasteiger partial charge in [0.1, 0.15) is 0 Å². The van der Waals surface area contributed by atoms with Gasteiger partial charge in [0.2, 0.25) is 0 Å². The Kier molecular flexibility index (Phi) is 12.5. The number of nitrogens with zero attached hydrogens (tertiary/aromatic N) is 7. The Balaban J connectivity index is 0.800. The molecule has 0 bridgehead atoms. The molecular formula is C87H63N7. The van der Waals surface area contributed by atoms with Gasteiger partial charge in [-0.2, -0.15) is 0 Å². The molecule has 18 rings (SSSR count). The van der Waals surface area contributed by atoms with Crippen LogP contribution in [-0.2, 0) is 0 Å². The summed E-state index contributed by atoms with van der Waals surface area (Å²) in [6, 6.07) is 98.8. The lowest BCUT2D eigenvalue weighted by atomic mass is 9.89. The van der Waals surface area contributed by atoms with Crippen molar-refractivity contribution in [1.29, 1.82) is 0 Å². The van der Waals surface area contributed by atoms with Crippen LogP contribution in [0.2, 0.25) is 0 Å². The molecule has 7 nitrogen and oxygen atoms in total. The predicted octanol–water partition coefficient (Wildman–Crippen LogP) is 22.4. The molecule has 0 aliphatic rings. The Hall–Kier alpha value is -11.9. The Bertz CT molecular complexity index is 5300. The summed E-state index contributed by atoms with van der Waals surface area (Å²) < 4.78 is 10.0. The molecule has 0 unspecified atom stereocenters. The van der Waals surface area contributed by atoms with Crippen LogP contribution in [0.3, 0.4) is 0 Å². The largest absolute Gasteiger partial charge is 0.309 e. The molecule has 0 saturated heterocycles. The molecule has 13 aromatic carbocycles. The van der Waals surface area contributed by atoms with E-state index < -0.39 is 0 Å². The highest BCUT2D eigenvalue weighted by molar-refractivity contribution is 6.14. The first-order valence-corrected chi connectivity index (χ1v) is 32.4. The molecule has 0 aliphatic heterocycles. The molecular weight excluding hydrogens is 1140 g/mol. The highest BCUT2D eigenvalue weighted by Crippen LogP contribution is 2.48. The highest BCUT2D eigenvalue weighted by Gasteiger charge is 2.29. The third kappa shape index (κ3) is 8.13. The van der Waals surface area contributed by atoms with Gasteiger partial charge in [-0.05, 0) is 146 Å². The van der Waals surface area contributed by atoms with E-state index in [2.05, 4.69) is 315 Å². The van der Waals surface area contributed by atoms with Crippen molar-refractivity contribution in [3.8, 4) is 79.2 Å². The molecule has 0 fully saturated rings. The second-order valence-corrected chi connectivity index (χ2v) is 25.2. The summed E-state index contributed by atoms with van der Waals surface area (Å²) in [5.41, 5.74) is 28.7. The average Bonchev–Trinajstić information content (AvgIpc) is 1.51. The molecule has 7 heteroatoms. The lowest BCUT2D eigenvalue weighted by molar-refractivity contribution is 1.06. The third-order valence-electron chi connectivity index (χ3n) is 20.1. The fourth-order valence-electron chi connectivity index (χ4n) is 16.2. The van der Waals surface area contributed by atoms with Crippen molar-refractivity contribution < 1.29 is 0 Å². The summed E-state index contributed by atoms with van der Waals surface area (Å²) in [7, 11) is 0. The summed E-state index contributed by atoms with van der Waals surface area (Å²) >= 11 is 0. The number of fused-ring (bicyclic) bond motifs is 12. The van der Waals surface area contributed by atoms with Crippen LogP contribution in [0.15, 0.2) is 273 Å². The van der Waals surface area contributed by atoms with Crippen molar-refractivity contribution in [2.45, 2.75) is 41.5 Å². The van der Waals surface area contributed by atoms with Crippen LogP contribution in [0, 0.1) is 41.5 Å². The number of hydrogen-bond donors (Lipinski definition) is 0. The van der Waals surface area contributed by atoms with E-state index in [9.17, 15) is 0 Å². The van der Waals surface area contributed by atoms with Crippen LogP contribution in [-0.4, -0.2) is 33.2 Å². The summed E-state index contributed by atoms with van der Waals surface area (Å²) in [5, 5.41) is 9.86. The molecule has 5 aromatic heterocycles. The van der Waals surface area contributed by atoms with E-state index in [-0.39, 0.29) is 0 Å². The van der Waals surface area contributed by atoms with Gasteiger partial charge < -0.3 is 18.3 Å². The molecule has 18 aromatic rings. The standard InChI is InChI=1S/C87H63N7/c1-52-79(53(2)82(92-73-38-20-12-30-65(73)66-31-13-21-39-74(66)92)56(5)81(52)91-71-36-18-10-28-63(71)64-29-11-19-37-72(64)91)58-44-48-61(49-45-58)86-88-85(60-26-8-7-9-27-60)89-87(90-86)62-50-46-59(47-51-62)80-54(3)83(93-75-40-22-14-32-67(75)68-33-15-23-41-76(68)93)57(6)84(55(80)4)94-77-42-24-16-34-69(77)70-35-17-25-43-78(70)94/h7-51H,1-6H3. The maximum atomic E-state index is 5.39. The van der Waals surface area contributed by atoms with E-state index in [1.54, 1.807) is 0 Å². The topological polar surface area (TPSA) is 58.4 Å². The summed E-state index contributed by atoms with van der Waals surface area (Å²) in [6.45, 7) is 13.9. The van der Waals surface area contributed by atoms with Crippen LogP contribution in [0.4, 0.5) is 0 Å². The predicted molar refractivity (Wildman–Crippen MR) is 393 cm³/mol. The van der Waals surface area contributed by atoms with Gasteiger partial charge in [0.25, 0.3) is 0 Å². The second kappa shape index (κ2) is 21.3. The molecule has 0 spiro atoms. The van der Waals surface area contributed by atoms with Crippen molar-refractivity contribution in [3.63, 3.8) is 0 Å². The van der Waals surface area contributed by atoms with Crippen LogP contribution < -0.4 is 0 Å². The van der Waals surface area contributed by atoms with Gasteiger partial charge in [-0.25, -0.2) is 15.0 Å². The van der Waals surface area contributed by atoms with Crippen molar-refractivity contribution in [3.05, 3.63) is 306 Å². The van der Waals surface area contributed by atoms with Crippen molar-refractivity contribution in [1.82, 2.24) is 33.2 Å². The molecule has 0 atom stereocenters. The summed E-state index contributed by atoms with van der Waals surface area (Å²) in [4.78, 5) is 15.9. The first-order chi connectivity index (χ1) is 46.2. The lowest BCUT2D eigenvalue weighted by Crippen LogP contribution is -2.10. The van der Waals surface area contributed by atoms with Gasteiger partial charge in [-0.15, -0.1) is 0 Å². The fraction of sp³-hybridized carbons (Fsp3) is 0.0690. The maximum absolute atomic E-state index is 5.39. The Morgan fingerprint density at radius 1 is 0.181 bits per heavy atom. The van der Waals surface area contributed by atoms with E-state index in [1.165, 1.54) is 154 Å². The lowest BCUT2D eigenvalue weighted by Gasteiger charge is -2.26. The highest BCUT2D eigenvalue weighted by atomic mass is 15.1. The molecule has 0 amide bonds. The van der Waals surface area contributed by atoms with Gasteiger partial charge >= 0.3 is 0 Å². The van der Waals surface area contributed by atoms with E-state index in [0.717, 1.165) is 27.8 Å². The normalized spacial score (nSPS) is 11.9. The molecule has 5 heterocycles. The monoisotopic (exact) mass is 1210 g/mol. The zero-order chi connectivity index (χ0) is 63.0. The minimum absolute atomic E-state index is 0.602. The van der Waals surface area contributed by atoms with Gasteiger partial charge in [0, 0.05) is 59.8 Å². The molecule has 94 heavy (non-hydrogen) atoms. The van der Waals surface area contributed by atoms with Gasteiger partial charge in [0.15, 0.2) is 17.5 Å². The maximum Gasteiger partial charge on any atom is 0.164 e. The fourth-order valence-corrected chi connectivity index (χ4v) is 16.2. The van der Waals surface area contributed by atoms with E-state index >= 15 is 0 Å². The number of benzene rings is 13. The number of aromatic nitrogens is 7. The van der Waals surface area contributed by atoms with Crippen molar-refractivity contribution in [2.24, 2.45) is 0 Å². The minimum Gasteiger partial charge on any atom is -0.309 e. The average molecular weight is 1210 g/mol. The van der Waals surface area contributed by atoms with E-state index in [1.807, 2.05) is 18.2 Å². The molecule has 0 N–H and O–H groups in total. The van der Waals surface area contributed by atoms with Crippen LogP contribution in [0.5, 0.6) is 0 Å². The number of rotatable bonds is 9. The minimum atomic E-state index is 0.602. The summed E-state index contributed by atoms with van der Waals surface area (Å²) in [6.07, 6.45) is 0. The Labute approximate surface area is 544 Å². The Morgan fingerprint density at radius 2 is 0.362 bits per heavy atom. The van der Waals surface area contributed by atoms with Gasteiger partial charge in [-0.1, -0.05) is 224 Å². The first kappa shape index (κ1) is 55.0. The van der Waals surface area contributed by atoms with Crippen molar-refractivity contribution in [2.75, 3.05) is 0 Å². The van der Waals surface area contributed by atoms with E-state index in [0.29, 0.717) is 17.5 Å². The van der Waals surface area contributed by atoms with Crippen LogP contribution in [0.25, 0.3) is 166 Å². The van der Waals surface area contributed by atoms with Crippen molar-refractivity contribution >= 4 is 87.2 Å². The molecule has 0 aliphatic carbocycles. The molecule has 0 radical (unpaired) electrons. The third-order valence-corrected chi connectivity index (χ3v) is 20.1. The molecule has 446 valence electrons. The van der Waals surface area contributed by atoms with Crippen LogP contribution in [0.1, 0.15) is 33.4 Å². The summed E-state index contributed by atoms with van der Waals surface area (Å²) in [5.74, 6) is 1.82. The smallest absolute Gasteiger partial charge is 0.164 e. The number of hydrogen-bond acceptors (Lipinski definition) is 3. The zero-order valence-corrected chi connectivity index (χ0v) is 53.1. The SMILES string of the molecule is Cc1c(-c2ccc(-c3nc(-c4ccccc4)nc(-c4ccc(-c5c(C)c(-n6c7ccccc7c7ccccc76)c(C)c(-n6c7ccccc7c7ccccc76)c5C)cc4)n3)cc2)c(C)c(-n2c3ccccc3c3ccccc32)c(C)c1-n1c2ccccc2c2ccccc21. The van der Waals surface area contributed by atoms with Gasteiger partial charge in [-0.3, -0.25) is 0 Å². The molecule has 0 saturated carbocycles. The van der Waals surface area contributed by atoms with Gasteiger partial charge in [0.05, 0.1) is 66.9 Å². The Morgan fingerprint density at radius 3 is 0.585 bits per heavy atom. The first-order valence-electron chi connectivity index (χ1n) is 32.4. The second-order valence-electron chi connectivity index (χ2n) is 25.2. The zero-order valence-electron chi connectivity index (χ0n) is 53.1. The number of para-hydroxylation sites is 8. The van der Waals surface area contributed by atoms with Crippen LogP contribution >= 0.6 is 0 Å². The van der Waals surface area contributed by atoms with E-state index in [4.69, 9.17) is 15.0 Å².